The average molecular weight is 498 g/mol. The number of nitrogens with one attached hydrogen (secondary N) is 1. The van der Waals surface area contributed by atoms with Crippen LogP contribution in [0.25, 0.3) is 0 Å². The lowest BCUT2D eigenvalue weighted by atomic mass is 10.0. The predicted molar refractivity (Wildman–Crippen MR) is 120 cm³/mol. The van der Waals surface area contributed by atoms with E-state index in [0.717, 1.165) is 4.47 Å². The molecule has 0 saturated carbocycles. The number of amides is 1. The van der Waals surface area contributed by atoms with E-state index in [0.29, 0.717) is 24.3 Å². The molecule has 2 aromatic rings. The van der Waals surface area contributed by atoms with Gasteiger partial charge in [0.2, 0.25) is 0 Å². The van der Waals surface area contributed by atoms with Gasteiger partial charge in [-0.05, 0) is 48.9 Å². The summed E-state index contributed by atoms with van der Waals surface area (Å²) in [7, 11) is 0. The average Bonchev–Trinajstić information content (AvgIpc) is 2.74. The van der Waals surface area contributed by atoms with E-state index >= 15 is 0 Å². The molecule has 0 heterocycles. The van der Waals surface area contributed by atoms with E-state index in [4.69, 9.17) is 14.2 Å². The molecule has 0 aliphatic rings. The monoisotopic (exact) mass is 497 g/mol. The fourth-order valence-corrected chi connectivity index (χ4v) is 3.04. The highest BCUT2D eigenvalue weighted by molar-refractivity contribution is 9.10. The van der Waals surface area contributed by atoms with Gasteiger partial charge in [0.25, 0.3) is 0 Å². The molecule has 0 aromatic heterocycles. The summed E-state index contributed by atoms with van der Waals surface area (Å²) < 4.78 is 17.4. The number of carbonyl (C=O) groups is 2. The molecule has 0 unspecified atom stereocenters. The van der Waals surface area contributed by atoms with Gasteiger partial charge in [0.05, 0.1) is 12.4 Å². The van der Waals surface area contributed by atoms with Crippen molar-refractivity contribution in [2.75, 3.05) is 24.3 Å². The van der Waals surface area contributed by atoms with Gasteiger partial charge in [-0.15, -0.1) is 0 Å². The molecule has 1 amide bonds. The standard InChI is InChI=1S/C21H24BrNO6S/c1-2-27-18(11-12-28-19(25)13-30)20(14-3-9-17(24)10-4-14)29-21(26)23-16-7-5-15(22)6-8-16/h3-10,18,20,24,30H,2,11-13H2,1H3,(H,23,26)/t18-,20-/m1/s1. The summed E-state index contributed by atoms with van der Waals surface area (Å²) in [6.45, 7) is 2.29. The van der Waals surface area contributed by atoms with Crippen LogP contribution in [0.4, 0.5) is 10.5 Å². The van der Waals surface area contributed by atoms with Crippen molar-refractivity contribution in [1.29, 1.82) is 0 Å². The van der Waals surface area contributed by atoms with Gasteiger partial charge >= 0.3 is 12.1 Å². The molecular weight excluding hydrogens is 474 g/mol. The van der Waals surface area contributed by atoms with Crippen LogP contribution in [-0.4, -0.2) is 42.2 Å². The Bertz CT molecular complexity index is 815. The Kier molecular flexibility index (Phi) is 9.99. The number of phenolic OH excluding ortho intramolecular Hbond substituents is 1. The molecule has 0 saturated heterocycles. The maximum Gasteiger partial charge on any atom is 0.412 e. The van der Waals surface area contributed by atoms with Crippen LogP contribution in [0, 0.1) is 0 Å². The molecule has 162 valence electrons. The zero-order valence-corrected chi connectivity index (χ0v) is 18.9. The first-order valence-corrected chi connectivity index (χ1v) is 10.8. The minimum atomic E-state index is -0.782. The van der Waals surface area contributed by atoms with Crippen molar-refractivity contribution < 1.29 is 28.9 Å². The normalized spacial score (nSPS) is 12.6. The van der Waals surface area contributed by atoms with E-state index in [9.17, 15) is 14.7 Å². The third-order valence-electron chi connectivity index (χ3n) is 4.06. The van der Waals surface area contributed by atoms with E-state index in [1.165, 1.54) is 12.1 Å². The molecule has 2 atom stereocenters. The second-order valence-electron chi connectivity index (χ2n) is 6.21. The minimum Gasteiger partial charge on any atom is -0.508 e. The van der Waals surface area contributed by atoms with Gasteiger partial charge in [0.1, 0.15) is 11.9 Å². The van der Waals surface area contributed by atoms with E-state index in [-0.39, 0.29) is 18.1 Å². The Labute approximate surface area is 189 Å². The van der Waals surface area contributed by atoms with Crippen LogP contribution < -0.4 is 5.32 Å². The largest absolute Gasteiger partial charge is 0.508 e. The van der Waals surface area contributed by atoms with Crippen LogP contribution in [-0.2, 0) is 19.0 Å². The molecule has 0 fully saturated rings. The third-order valence-corrected chi connectivity index (χ3v) is 4.85. The summed E-state index contributed by atoms with van der Waals surface area (Å²) in [5, 5.41) is 12.3. The number of halogens is 1. The zero-order chi connectivity index (χ0) is 21.9. The Morgan fingerprint density at radius 2 is 1.80 bits per heavy atom. The Hall–Kier alpha value is -2.23. The number of aromatic hydroxyl groups is 1. The van der Waals surface area contributed by atoms with Gasteiger partial charge < -0.3 is 19.3 Å². The summed E-state index contributed by atoms with van der Waals surface area (Å²) in [6.07, 6.45) is -1.70. The van der Waals surface area contributed by atoms with Crippen molar-refractivity contribution in [2.24, 2.45) is 0 Å². The molecule has 2 aromatic carbocycles. The molecule has 2 rings (SSSR count). The minimum absolute atomic E-state index is 0.0210. The topological polar surface area (TPSA) is 94.1 Å². The first kappa shape index (κ1) is 24.0. The first-order valence-electron chi connectivity index (χ1n) is 9.33. The highest BCUT2D eigenvalue weighted by atomic mass is 79.9. The van der Waals surface area contributed by atoms with Gasteiger partial charge in [-0.1, -0.05) is 28.1 Å². The maximum atomic E-state index is 12.5. The van der Waals surface area contributed by atoms with Crippen molar-refractivity contribution in [3.63, 3.8) is 0 Å². The Morgan fingerprint density at radius 1 is 1.13 bits per heavy atom. The summed E-state index contributed by atoms with van der Waals surface area (Å²) in [5.74, 6) is -0.372. The predicted octanol–water partition coefficient (Wildman–Crippen LogP) is 4.71. The highest BCUT2D eigenvalue weighted by Gasteiger charge is 2.28. The van der Waals surface area contributed by atoms with Gasteiger partial charge in [0, 0.05) is 23.2 Å². The molecular formula is C21H24BrNO6S. The summed E-state index contributed by atoms with van der Waals surface area (Å²) in [6, 6.07) is 13.4. The summed E-state index contributed by atoms with van der Waals surface area (Å²) in [4.78, 5) is 23.9. The number of thiol groups is 1. The molecule has 0 spiro atoms. The molecule has 0 aliphatic heterocycles. The maximum absolute atomic E-state index is 12.5. The van der Waals surface area contributed by atoms with Crippen molar-refractivity contribution in [3.8, 4) is 5.75 Å². The van der Waals surface area contributed by atoms with Crippen molar-refractivity contribution >= 4 is 46.3 Å². The van der Waals surface area contributed by atoms with Crippen molar-refractivity contribution in [2.45, 2.75) is 25.6 Å². The summed E-state index contributed by atoms with van der Waals surface area (Å²) in [5.41, 5.74) is 1.21. The highest BCUT2D eigenvalue weighted by Crippen LogP contribution is 2.28. The number of hydrogen-bond donors (Lipinski definition) is 3. The van der Waals surface area contributed by atoms with Crippen LogP contribution in [0.15, 0.2) is 53.0 Å². The van der Waals surface area contributed by atoms with Crippen molar-refractivity contribution in [3.05, 3.63) is 58.6 Å². The van der Waals surface area contributed by atoms with Gasteiger partial charge in [-0.2, -0.15) is 12.6 Å². The van der Waals surface area contributed by atoms with Crippen LogP contribution >= 0.6 is 28.6 Å². The molecule has 0 radical (unpaired) electrons. The van der Waals surface area contributed by atoms with Gasteiger partial charge in [0.15, 0.2) is 6.10 Å². The van der Waals surface area contributed by atoms with Gasteiger partial charge in [-0.25, -0.2) is 4.79 Å². The Balaban J connectivity index is 2.16. The van der Waals surface area contributed by atoms with Gasteiger partial charge in [-0.3, -0.25) is 10.1 Å². The molecule has 2 N–H and O–H groups in total. The zero-order valence-electron chi connectivity index (χ0n) is 16.4. The molecule has 7 nitrogen and oxygen atoms in total. The second kappa shape index (κ2) is 12.5. The van der Waals surface area contributed by atoms with E-state index in [1.54, 1.807) is 36.4 Å². The van der Waals surface area contributed by atoms with Crippen LogP contribution in [0.2, 0.25) is 0 Å². The van der Waals surface area contributed by atoms with Crippen molar-refractivity contribution in [1.82, 2.24) is 0 Å². The number of esters is 1. The number of ether oxygens (including phenoxy) is 3. The lowest BCUT2D eigenvalue weighted by Crippen LogP contribution is -2.30. The number of anilines is 1. The summed E-state index contributed by atoms with van der Waals surface area (Å²) >= 11 is 7.22. The molecule has 0 aliphatic carbocycles. The smallest absolute Gasteiger partial charge is 0.412 e. The first-order chi connectivity index (χ1) is 14.4. The lowest BCUT2D eigenvalue weighted by Gasteiger charge is -2.27. The number of benzene rings is 2. The number of phenols is 1. The van der Waals surface area contributed by atoms with E-state index in [2.05, 4.69) is 33.9 Å². The SMILES string of the molecule is CCO[C@H](CCOC(=O)CS)[C@H](OC(=O)Nc1ccc(Br)cc1)c1ccc(O)cc1. The van der Waals surface area contributed by atoms with Crippen LogP contribution in [0.3, 0.4) is 0 Å². The van der Waals surface area contributed by atoms with E-state index in [1.807, 2.05) is 6.92 Å². The quantitative estimate of drug-likeness (QED) is 0.325. The lowest BCUT2D eigenvalue weighted by molar-refractivity contribution is -0.142. The fraction of sp³-hybridized carbons (Fsp3) is 0.333. The fourth-order valence-electron chi connectivity index (χ4n) is 2.69. The van der Waals surface area contributed by atoms with E-state index < -0.39 is 24.3 Å². The number of hydrogen-bond acceptors (Lipinski definition) is 7. The van der Waals surface area contributed by atoms with Crippen LogP contribution in [0.5, 0.6) is 5.75 Å². The number of rotatable bonds is 10. The molecule has 30 heavy (non-hydrogen) atoms. The Morgan fingerprint density at radius 3 is 2.40 bits per heavy atom. The van der Waals surface area contributed by atoms with Crippen LogP contribution in [0.1, 0.15) is 25.0 Å². The number of carbonyl (C=O) groups excluding carboxylic acids is 2. The molecule has 0 bridgehead atoms. The second-order valence-corrected chi connectivity index (χ2v) is 7.44. The molecule has 9 heteroatoms. The third kappa shape index (κ3) is 7.89.